The van der Waals surface area contributed by atoms with Gasteiger partial charge in [-0.15, -0.1) is 0 Å². The van der Waals surface area contributed by atoms with E-state index in [1.807, 2.05) is 43.6 Å². The predicted molar refractivity (Wildman–Crippen MR) is 195 cm³/mol. The molecule has 0 amide bonds. The Morgan fingerprint density at radius 2 is 1.21 bits per heavy atom. The van der Waals surface area contributed by atoms with E-state index < -0.39 is 0 Å². The third-order valence-electron chi connectivity index (χ3n) is 8.37. The number of hydrogen-bond acceptors (Lipinski definition) is 3. The molecule has 4 aromatic carbocycles. The highest BCUT2D eigenvalue weighted by atomic mass is 15.1. The van der Waals surface area contributed by atoms with E-state index in [1.165, 1.54) is 23.5 Å². The van der Waals surface area contributed by atoms with Crippen LogP contribution in [0.4, 0.5) is 11.4 Å². The Labute approximate surface area is 270 Å². The van der Waals surface area contributed by atoms with Crippen LogP contribution in [0.15, 0.2) is 144 Å². The second-order valence-electron chi connectivity index (χ2n) is 10.9. The molecule has 0 radical (unpaired) electrons. The number of nitrogens with zero attached hydrogens (tertiary/aromatic N) is 9. The van der Waals surface area contributed by atoms with E-state index >= 15 is 0 Å². The SMILES string of the molecule is C/C=C/C=C/N1c2ccccc2Cc2c1c1c3ccccc3n(/C=C/C=C/N=[N+]=[N-])c1c1c3ccccc3n(/C=C/C=C/N=[N+]=[N-])c21. The van der Waals surface area contributed by atoms with Gasteiger partial charge in [0.2, 0.25) is 0 Å². The molecule has 0 fully saturated rings. The average molecular weight is 612 g/mol. The van der Waals surface area contributed by atoms with Crippen LogP contribution >= 0.6 is 0 Å². The van der Waals surface area contributed by atoms with Gasteiger partial charge in [-0.05, 0) is 60.0 Å². The number of para-hydroxylation sites is 3. The molecule has 226 valence electrons. The zero-order valence-corrected chi connectivity index (χ0v) is 25.6. The van der Waals surface area contributed by atoms with Crippen molar-refractivity contribution in [1.29, 1.82) is 0 Å². The first kappa shape index (κ1) is 29.1. The summed E-state index contributed by atoms with van der Waals surface area (Å²) >= 11 is 0. The first-order valence-corrected chi connectivity index (χ1v) is 15.2. The van der Waals surface area contributed by atoms with Gasteiger partial charge in [0.15, 0.2) is 0 Å². The highest BCUT2D eigenvalue weighted by Gasteiger charge is 2.31. The third kappa shape index (κ3) is 4.94. The zero-order chi connectivity index (χ0) is 32.2. The Morgan fingerprint density at radius 1 is 0.638 bits per heavy atom. The molecule has 6 aromatic rings. The van der Waals surface area contributed by atoms with Crippen molar-refractivity contribution in [2.45, 2.75) is 13.3 Å². The van der Waals surface area contributed by atoms with Gasteiger partial charge < -0.3 is 14.0 Å². The van der Waals surface area contributed by atoms with Crippen molar-refractivity contribution in [3.05, 3.63) is 166 Å². The summed E-state index contributed by atoms with van der Waals surface area (Å²) in [6.07, 6.45) is 23.3. The monoisotopic (exact) mass is 611 g/mol. The summed E-state index contributed by atoms with van der Waals surface area (Å²) in [5.74, 6) is 0. The molecule has 0 atom stereocenters. The van der Waals surface area contributed by atoms with Crippen LogP contribution < -0.4 is 4.90 Å². The van der Waals surface area contributed by atoms with E-state index in [0.717, 1.165) is 61.4 Å². The first-order valence-electron chi connectivity index (χ1n) is 15.2. The van der Waals surface area contributed by atoms with E-state index in [2.05, 4.69) is 119 Å². The summed E-state index contributed by atoms with van der Waals surface area (Å²) < 4.78 is 4.49. The molecule has 0 saturated carbocycles. The van der Waals surface area contributed by atoms with Gasteiger partial charge in [0, 0.05) is 80.0 Å². The summed E-state index contributed by atoms with van der Waals surface area (Å²) in [6.45, 7) is 2.02. The molecule has 3 heterocycles. The predicted octanol–water partition coefficient (Wildman–Crippen LogP) is 11.6. The van der Waals surface area contributed by atoms with E-state index in [0.29, 0.717) is 0 Å². The lowest BCUT2D eigenvalue weighted by Crippen LogP contribution is -2.19. The fraction of sp³-hybridized carbons (Fsp3) is 0.0526. The summed E-state index contributed by atoms with van der Waals surface area (Å²) in [5.41, 5.74) is 26.6. The Hall–Kier alpha value is -6.66. The van der Waals surface area contributed by atoms with Crippen LogP contribution in [-0.4, -0.2) is 9.13 Å². The summed E-state index contributed by atoms with van der Waals surface area (Å²) in [7, 11) is 0. The van der Waals surface area contributed by atoms with Gasteiger partial charge in [0.25, 0.3) is 0 Å². The summed E-state index contributed by atoms with van der Waals surface area (Å²) in [5, 5.41) is 11.7. The largest absolute Gasteiger partial charge is 0.316 e. The summed E-state index contributed by atoms with van der Waals surface area (Å²) in [6, 6.07) is 25.5. The smallest absolute Gasteiger partial charge is 0.0656 e. The molecule has 0 N–H and O–H groups in total. The first-order chi connectivity index (χ1) is 23.3. The molecule has 0 unspecified atom stereocenters. The fourth-order valence-corrected chi connectivity index (χ4v) is 6.67. The van der Waals surface area contributed by atoms with Crippen LogP contribution in [0.25, 0.3) is 76.9 Å². The van der Waals surface area contributed by atoms with Crippen molar-refractivity contribution >= 4 is 67.4 Å². The number of fused-ring (bicyclic) bond motifs is 11. The topological polar surface area (TPSA) is 111 Å². The molecule has 0 saturated heterocycles. The molecule has 47 heavy (non-hydrogen) atoms. The Bertz CT molecular complexity index is 2470. The molecule has 1 aliphatic rings. The lowest BCUT2D eigenvalue weighted by Gasteiger charge is -2.32. The molecule has 1 aliphatic heterocycles. The lowest BCUT2D eigenvalue weighted by atomic mass is 9.90. The normalized spacial score (nSPS) is 13.4. The van der Waals surface area contributed by atoms with Crippen molar-refractivity contribution in [1.82, 2.24) is 9.13 Å². The van der Waals surface area contributed by atoms with Crippen LogP contribution in [-0.2, 0) is 6.42 Å². The number of anilines is 2. The average Bonchev–Trinajstić information content (AvgIpc) is 3.61. The molecular formula is C38H29N9. The maximum atomic E-state index is 8.77. The van der Waals surface area contributed by atoms with Gasteiger partial charge in [0.05, 0.1) is 27.8 Å². The highest BCUT2D eigenvalue weighted by Crippen LogP contribution is 2.52. The zero-order valence-electron chi connectivity index (χ0n) is 25.6. The van der Waals surface area contributed by atoms with E-state index in [1.54, 1.807) is 12.2 Å². The van der Waals surface area contributed by atoms with Gasteiger partial charge in [-0.3, -0.25) is 0 Å². The van der Waals surface area contributed by atoms with Crippen molar-refractivity contribution < 1.29 is 0 Å². The van der Waals surface area contributed by atoms with Crippen molar-refractivity contribution in [3.63, 3.8) is 0 Å². The van der Waals surface area contributed by atoms with Crippen molar-refractivity contribution in [3.8, 4) is 0 Å². The summed E-state index contributed by atoms with van der Waals surface area (Å²) in [4.78, 5) is 8.00. The number of rotatable bonds is 8. The minimum atomic E-state index is 0.745. The second kappa shape index (κ2) is 12.8. The highest BCUT2D eigenvalue weighted by molar-refractivity contribution is 6.31. The maximum Gasteiger partial charge on any atom is 0.0656 e. The number of hydrogen-bond donors (Lipinski definition) is 0. The van der Waals surface area contributed by atoms with Gasteiger partial charge in [-0.2, -0.15) is 0 Å². The Morgan fingerprint density at radius 3 is 1.87 bits per heavy atom. The Kier molecular flexibility index (Phi) is 7.89. The number of benzene rings is 4. The van der Waals surface area contributed by atoms with E-state index in [9.17, 15) is 0 Å². The second-order valence-corrected chi connectivity index (χ2v) is 10.9. The van der Waals surface area contributed by atoms with Crippen molar-refractivity contribution in [2.24, 2.45) is 10.2 Å². The molecule has 0 aliphatic carbocycles. The molecule has 7 rings (SSSR count). The van der Waals surface area contributed by atoms with Crippen LogP contribution in [0.1, 0.15) is 18.1 Å². The third-order valence-corrected chi connectivity index (χ3v) is 8.37. The Balaban J connectivity index is 1.71. The lowest BCUT2D eigenvalue weighted by molar-refractivity contribution is 1.09. The van der Waals surface area contributed by atoms with E-state index in [4.69, 9.17) is 11.1 Å². The molecular weight excluding hydrogens is 582 g/mol. The number of azide groups is 2. The maximum absolute atomic E-state index is 8.77. The molecule has 0 bridgehead atoms. The molecule has 0 spiro atoms. The van der Waals surface area contributed by atoms with Gasteiger partial charge >= 0.3 is 0 Å². The standard InChI is InChI=1S/C38H29N9/c1-2-3-12-23-45-31-18-7-4-15-27(31)26-30-36(45)34-29-17-6-9-20-33(29)47(25-14-11-22-42-44-40)38(34)35-28-16-5-8-19-32(28)46(37(30)35)24-13-10-21-41-43-39/h2-25H,26H2,1H3/b3-2+,21-10+,22-11+,23-12+,24-13+,25-14+. The van der Waals surface area contributed by atoms with Crippen LogP contribution in [0.2, 0.25) is 0 Å². The molecule has 9 nitrogen and oxygen atoms in total. The van der Waals surface area contributed by atoms with Crippen molar-refractivity contribution in [2.75, 3.05) is 4.90 Å². The minimum Gasteiger partial charge on any atom is -0.316 e. The molecule has 9 heteroatoms. The number of aromatic nitrogens is 2. The minimum absolute atomic E-state index is 0.745. The van der Waals surface area contributed by atoms with Crippen LogP contribution in [0, 0.1) is 0 Å². The van der Waals surface area contributed by atoms with E-state index in [-0.39, 0.29) is 0 Å². The van der Waals surface area contributed by atoms with Crippen LogP contribution in [0.5, 0.6) is 0 Å². The van der Waals surface area contributed by atoms with Gasteiger partial charge in [-0.25, -0.2) is 0 Å². The quantitative estimate of drug-likeness (QED) is 0.0725. The van der Waals surface area contributed by atoms with Gasteiger partial charge in [-0.1, -0.05) is 89.1 Å². The van der Waals surface area contributed by atoms with Gasteiger partial charge in [0.1, 0.15) is 0 Å². The number of allylic oxidation sites excluding steroid dienone is 7. The fourth-order valence-electron chi connectivity index (χ4n) is 6.67. The molecule has 2 aromatic heterocycles. The van der Waals surface area contributed by atoms with Crippen LogP contribution in [0.3, 0.4) is 0 Å².